The van der Waals surface area contributed by atoms with Crippen molar-refractivity contribution in [2.45, 2.75) is 38.8 Å². The first-order chi connectivity index (χ1) is 7.43. The first kappa shape index (κ1) is 13.9. The number of likely N-dealkylation sites (N-methyl/N-ethyl adjacent to an activating group) is 1. The number of hydrogen-bond acceptors (Lipinski definition) is 4. The van der Waals surface area contributed by atoms with E-state index in [1.165, 1.54) is 0 Å². The summed E-state index contributed by atoms with van der Waals surface area (Å²) in [5.41, 5.74) is 3.51. The maximum Gasteiger partial charge on any atom is 0.0638 e. The summed E-state index contributed by atoms with van der Waals surface area (Å²) in [6, 6.07) is 0.457. The highest BCUT2D eigenvalue weighted by atomic mass is 16.5. The molecule has 1 aliphatic rings. The molecule has 0 spiro atoms. The van der Waals surface area contributed by atoms with Crippen LogP contribution in [0.1, 0.15) is 27.2 Å². The largest absolute Gasteiger partial charge is 0.379 e. The van der Waals surface area contributed by atoms with Crippen molar-refractivity contribution < 1.29 is 4.74 Å². The van der Waals surface area contributed by atoms with Crippen LogP contribution in [0, 0.1) is 0 Å². The lowest BCUT2D eigenvalue weighted by Crippen LogP contribution is -2.54. The normalized spacial score (nSPS) is 22.3. The van der Waals surface area contributed by atoms with Gasteiger partial charge in [-0.1, -0.05) is 0 Å². The molecule has 0 radical (unpaired) electrons. The summed E-state index contributed by atoms with van der Waals surface area (Å²) >= 11 is 0. The Kier molecular flexibility index (Phi) is 5.18. The lowest BCUT2D eigenvalue weighted by molar-refractivity contribution is -0.00373. The number of ether oxygens (including phenoxy) is 1. The Hall–Kier alpha value is -0.160. The Morgan fingerprint density at radius 3 is 2.31 bits per heavy atom. The van der Waals surface area contributed by atoms with Crippen molar-refractivity contribution in [1.82, 2.24) is 15.3 Å². The van der Waals surface area contributed by atoms with Crippen molar-refractivity contribution in [2.75, 3.05) is 40.3 Å². The summed E-state index contributed by atoms with van der Waals surface area (Å²) in [6.07, 6.45) is 1.02. The number of rotatable bonds is 5. The Morgan fingerprint density at radius 1 is 1.25 bits per heavy atom. The van der Waals surface area contributed by atoms with E-state index >= 15 is 0 Å². The minimum atomic E-state index is -0.0427. The van der Waals surface area contributed by atoms with E-state index in [2.05, 4.69) is 43.2 Å². The maximum absolute atomic E-state index is 5.45. The van der Waals surface area contributed by atoms with Gasteiger partial charge in [0.15, 0.2) is 0 Å². The van der Waals surface area contributed by atoms with Crippen molar-refractivity contribution in [3.8, 4) is 0 Å². The second-order valence-corrected chi connectivity index (χ2v) is 5.49. The second kappa shape index (κ2) is 5.96. The molecule has 96 valence electrons. The minimum Gasteiger partial charge on any atom is -0.379 e. The highest BCUT2D eigenvalue weighted by Crippen LogP contribution is 2.15. The molecule has 4 heteroatoms. The van der Waals surface area contributed by atoms with Gasteiger partial charge in [-0.25, -0.2) is 5.01 Å². The highest BCUT2D eigenvalue weighted by molar-refractivity contribution is 4.76. The number of methoxy groups -OCH3 is 1. The van der Waals surface area contributed by atoms with Crippen molar-refractivity contribution >= 4 is 0 Å². The molecule has 1 unspecified atom stereocenters. The average molecular weight is 229 g/mol. The third-order valence-electron chi connectivity index (χ3n) is 3.26. The van der Waals surface area contributed by atoms with Crippen LogP contribution in [0.4, 0.5) is 0 Å². The molecule has 4 nitrogen and oxygen atoms in total. The van der Waals surface area contributed by atoms with E-state index in [9.17, 15) is 0 Å². The molecule has 0 saturated carbocycles. The van der Waals surface area contributed by atoms with Crippen LogP contribution >= 0.6 is 0 Å². The molecule has 0 amide bonds. The summed E-state index contributed by atoms with van der Waals surface area (Å²) in [5, 5.41) is 2.33. The van der Waals surface area contributed by atoms with Gasteiger partial charge in [0.2, 0.25) is 0 Å². The van der Waals surface area contributed by atoms with E-state index in [1.807, 2.05) is 0 Å². The fraction of sp³-hybridized carbons (Fsp3) is 1.00. The van der Waals surface area contributed by atoms with Crippen molar-refractivity contribution in [1.29, 1.82) is 0 Å². The van der Waals surface area contributed by atoms with Crippen molar-refractivity contribution in [2.24, 2.45) is 0 Å². The predicted octanol–water partition coefficient (Wildman–Crippen LogP) is 0.942. The van der Waals surface area contributed by atoms with Crippen LogP contribution in [0.2, 0.25) is 0 Å². The predicted molar refractivity (Wildman–Crippen MR) is 67.4 cm³/mol. The zero-order valence-corrected chi connectivity index (χ0v) is 11.4. The van der Waals surface area contributed by atoms with Crippen molar-refractivity contribution in [3.63, 3.8) is 0 Å². The number of piperazine rings is 1. The summed E-state index contributed by atoms with van der Waals surface area (Å²) in [5.74, 6) is 0. The number of nitrogens with zero attached hydrogens (tertiary/aromatic N) is 2. The van der Waals surface area contributed by atoms with E-state index in [1.54, 1.807) is 7.11 Å². The Balaban J connectivity index is 2.26. The quantitative estimate of drug-likeness (QED) is 0.759. The van der Waals surface area contributed by atoms with E-state index in [0.717, 1.165) is 32.6 Å². The molecule has 1 saturated heterocycles. The third-order valence-corrected chi connectivity index (χ3v) is 3.26. The molecule has 1 aliphatic heterocycles. The molecule has 0 aromatic heterocycles. The van der Waals surface area contributed by atoms with Crippen molar-refractivity contribution in [3.05, 3.63) is 0 Å². The molecule has 1 atom stereocenters. The summed E-state index contributed by atoms with van der Waals surface area (Å²) in [7, 11) is 3.96. The number of nitrogens with one attached hydrogen (secondary N) is 1. The van der Waals surface area contributed by atoms with Gasteiger partial charge in [-0.05, 0) is 34.2 Å². The highest BCUT2D eigenvalue weighted by Gasteiger charge is 2.22. The van der Waals surface area contributed by atoms with E-state index < -0.39 is 0 Å². The first-order valence-electron chi connectivity index (χ1n) is 6.18. The molecule has 0 bridgehead atoms. The van der Waals surface area contributed by atoms with Gasteiger partial charge in [0.25, 0.3) is 0 Å². The van der Waals surface area contributed by atoms with Gasteiger partial charge >= 0.3 is 0 Å². The van der Waals surface area contributed by atoms with E-state index in [0.29, 0.717) is 6.04 Å². The van der Waals surface area contributed by atoms with Gasteiger partial charge in [-0.15, -0.1) is 0 Å². The van der Waals surface area contributed by atoms with Gasteiger partial charge < -0.3 is 9.64 Å². The van der Waals surface area contributed by atoms with Crippen LogP contribution in [-0.2, 0) is 4.74 Å². The summed E-state index contributed by atoms with van der Waals surface area (Å²) < 4.78 is 5.45. The zero-order chi connectivity index (χ0) is 12.2. The molecule has 0 aromatic carbocycles. The summed E-state index contributed by atoms with van der Waals surface area (Å²) in [4.78, 5) is 2.36. The SMILES string of the molecule is COC(C)(C)CC(C)NN1CCN(C)CC1. The third kappa shape index (κ3) is 4.78. The number of hydrazine groups is 1. The van der Waals surface area contributed by atoms with E-state index in [4.69, 9.17) is 4.74 Å². The zero-order valence-electron chi connectivity index (χ0n) is 11.4. The molecule has 16 heavy (non-hydrogen) atoms. The Morgan fingerprint density at radius 2 is 1.81 bits per heavy atom. The molecule has 0 aliphatic carbocycles. The fourth-order valence-electron chi connectivity index (χ4n) is 2.11. The van der Waals surface area contributed by atoms with Crippen LogP contribution < -0.4 is 5.43 Å². The van der Waals surface area contributed by atoms with Crippen LogP contribution in [-0.4, -0.2) is 61.9 Å². The van der Waals surface area contributed by atoms with Crippen LogP contribution in [0.5, 0.6) is 0 Å². The van der Waals surface area contributed by atoms with Crippen LogP contribution in [0.3, 0.4) is 0 Å². The lowest BCUT2D eigenvalue weighted by Gasteiger charge is -2.36. The standard InChI is InChI=1S/C12H27N3O/c1-11(10-12(2,3)16-5)13-15-8-6-14(4)7-9-15/h11,13H,6-10H2,1-5H3. The Labute approximate surface area is 99.9 Å². The molecule has 1 N–H and O–H groups in total. The number of hydrogen-bond donors (Lipinski definition) is 1. The average Bonchev–Trinajstić information content (AvgIpc) is 2.21. The molecule has 0 aromatic rings. The van der Waals surface area contributed by atoms with Crippen LogP contribution in [0.25, 0.3) is 0 Å². The molecule has 1 heterocycles. The molecular weight excluding hydrogens is 202 g/mol. The smallest absolute Gasteiger partial charge is 0.0638 e. The van der Waals surface area contributed by atoms with Gasteiger partial charge in [-0.3, -0.25) is 5.43 Å². The molecular formula is C12H27N3O. The maximum atomic E-state index is 5.45. The monoisotopic (exact) mass is 229 g/mol. The fourth-order valence-corrected chi connectivity index (χ4v) is 2.11. The topological polar surface area (TPSA) is 27.7 Å². The molecule has 1 rings (SSSR count). The lowest BCUT2D eigenvalue weighted by atomic mass is 10.0. The van der Waals surface area contributed by atoms with Gasteiger partial charge in [0, 0.05) is 39.3 Å². The summed E-state index contributed by atoms with van der Waals surface area (Å²) in [6.45, 7) is 11.0. The van der Waals surface area contributed by atoms with Gasteiger partial charge in [0.1, 0.15) is 0 Å². The first-order valence-corrected chi connectivity index (χ1v) is 6.18. The van der Waals surface area contributed by atoms with E-state index in [-0.39, 0.29) is 5.60 Å². The Bertz CT molecular complexity index is 200. The second-order valence-electron chi connectivity index (χ2n) is 5.49. The van der Waals surface area contributed by atoms with Gasteiger partial charge in [-0.2, -0.15) is 0 Å². The molecule has 1 fully saturated rings. The van der Waals surface area contributed by atoms with Gasteiger partial charge in [0.05, 0.1) is 5.60 Å². The van der Waals surface area contributed by atoms with Crippen LogP contribution in [0.15, 0.2) is 0 Å². The minimum absolute atomic E-state index is 0.0427.